The maximum atomic E-state index is 2.31. The quantitative estimate of drug-likeness (QED) is 0.204. The van der Waals surface area contributed by atoms with Crippen molar-refractivity contribution in [2.24, 2.45) is 0 Å². The van der Waals surface area contributed by atoms with Gasteiger partial charge in [0.05, 0.1) is 0 Å². The molecule has 1 atom stereocenters. The predicted molar refractivity (Wildman–Crippen MR) is 127 cm³/mol. The molecule has 0 spiro atoms. The van der Waals surface area contributed by atoms with Crippen LogP contribution < -0.4 is 20.0 Å². The second-order valence-corrected chi connectivity index (χ2v) is 8.73. The van der Waals surface area contributed by atoms with Crippen molar-refractivity contribution in [1.29, 1.82) is 0 Å². The van der Waals surface area contributed by atoms with Crippen LogP contribution in [0.5, 0.6) is 0 Å². The monoisotopic (exact) mass is 466 g/mol. The molecule has 0 aliphatic carbocycles. The second-order valence-electron chi connectivity index (χ2n) is 7.37. The van der Waals surface area contributed by atoms with Crippen LogP contribution in [0.4, 0.5) is 0 Å². The van der Waals surface area contributed by atoms with Gasteiger partial charge in [-0.25, -0.2) is 0 Å². The standard InChI is InChI=1S/C16H14P.C11H11.2FH.Ti/c1-12-6-2-5-9-16(12)17-15-10-13-7-3-4-8-14(13)11-15;1-8-6-7-9(2)11-5-3-4-10(8)11;;;/h2-11,17H,1H3;3-7H,1-2H3;2*1H;/q2*-1;;;+4/p-2. The first-order valence-electron chi connectivity index (χ1n) is 9.71. The molecule has 0 nitrogen and oxygen atoms in total. The fourth-order valence-electron chi connectivity index (χ4n) is 3.63. The van der Waals surface area contributed by atoms with Crippen LogP contribution in [-0.4, -0.2) is 0 Å². The zero-order chi connectivity index (χ0) is 19.5. The van der Waals surface area contributed by atoms with Gasteiger partial charge in [0.15, 0.2) is 0 Å². The summed E-state index contributed by atoms with van der Waals surface area (Å²) in [4.78, 5) is 0. The van der Waals surface area contributed by atoms with Gasteiger partial charge in [-0.2, -0.15) is 18.2 Å². The smallest absolute Gasteiger partial charge is 1.00 e. The second kappa shape index (κ2) is 12.1. The van der Waals surface area contributed by atoms with E-state index in [0.717, 1.165) is 8.58 Å². The predicted octanol–water partition coefficient (Wildman–Crippen LogP) is 0.677. The average molecular weight is 466 g/mol. The molecule has 5 aromatic rings. The zero-order valence-corrected chi connectivity index (χ0v) is 20.5. The van der Waals surface area contributed by atoms with E-state index in [2.05, 4.69) is 112 Å². The summed E-state index contributed by atoms with van der Waals surface area (Å²) in [5.74, 6) is 0. The maximum Gasteiger partial charge on any atom is 4.00 e. The van der Waals surface area contributed by atoms with Gasteiger partial charge in [0.1, 0.15) is 0 Å². The molecule has 0 aliphatic rings. The van der Waals surface area contributed by atoms with Crippen LogP contribution in [0, 0.1) is 20.8 Å². The van der Waals surface area contributed by atoms with Crippen molar-refractivity contribution < 1.29 is 31.1 Å². The Labute approximate surface area is 199 Å². The molecular formula is C27H25F2PTi. The summed E-state index contributed by atoms with van der Waals surface area (Å²) in [6.45, 7) is 6.49. The van der Waals surface area contributed by atoms with Crippen molar-refractivity contribution in [2.45, 2.75) is 20.8 Å². The van der Waals surface area contributed by atoms with Crippen molar-refractivity contribution in [3.05, 3.63) is 108 Å². The summed E-state index contributed by atoms with van der Waals surface area (Å²) in [5.41, 5.74) is 4.13. The summed E-state index contributed by atoms with van der Waals surface area (Å²) in [5, 5.41) is 8.37. The normalized spacial score (nSPS) is 10.2. The number of aryl methyl sites for hydroxylation is 3. The van der Waals surface area contributed by atoms with Crippen LogP contribution in [-0.2, 0) is 21.7 Å². The van der Waals surface area contributed by atoms with E-state index in [9.17, 15) is 0 Å². The van der Waals surface area contributed by atoms with Crippen molar-refractivity contribution in [2.75, 3.05) is 0 Å². The van der Waals surface area contributed by atoms with Crippen molar-refractivity contribution in [1.82, 2.24) is 0 Å². The summed E-state index contributed by atoms with van der Waals surface area (Å²) in [6, 6.07) is 32.6. The molecule has 0 aromatic heterocycles. The Morgan fingerprint density at radius 3 is 2.10 bits per heavy atom. The Hall–Kier alpha value is -2.12. The molecule has 0 bridgehead atoms. The van der Waals surface area contributed by atoms with Crippen LogP contribution in [0.1, 0.15) is 16.7 Å². The molecule has 0 amide bonds. The van der Waals surface area contributed by atoms with E-state index in [1.807, 2.05) is 0 Å². The summed E-state index contributed by atoms with van der Waals surface area (Å²) in [7, 11) is 0.759. The first kappa shape index (κ1) is 26.9. The van der Waals surface area contributed by atoms with Crippen molar-refractivity contribution in [3.8, 4) is 0 Å². The van der Waals surface area contributed by atoms with Crippen LogP contribution in [0.15, 0.2) is 91.0 Å². The van der Waals surface area contributed by atoms with Gasteiger partial charge in [-0.05, 0) is 24.7 Å². The van der Waals surface area contributed by atoms with E-state index in [0.29, 0.717) is 0 Å². The molecule has 5 aromatic carbocycles. The molecular weight excluding hydrogens is 441 g/mol. The molecule has 156 valence electrons. The van der Waals surface area contributed by atoms with Gasteiger partial charge < -0.3 is 9.41 Å². The number of rotatable bonds is 2. The Balaban J connectivity index is 0.000000303. The Morgan fingerprint density at radius 1 is 0.710 bits per heavy atom. The number of fused-ring (bicyclic) bond motifs is 2. The van der Waals surface area contributed by atoms with Crippen LogP contribution in [0.3, 0.4) is 0 Å². The molecule has 5 rings (SSSR count). The van der Waals surface area contributed by atoms with Crippen LogP contribution >= 0.6 is 8.58 Å². The summed E-state index contributed by atoms with van der Waals surface area (Å²) in [6.07, 6.45) is 0. The van der Waals surface area contributed by atoms with E-state index < -0.39 is 0 Å². The minimum Gasteiger partial charge on any atom is -1.00 e. The van der Waals surface area contributed by atoms with Gasteiger partial charge >= 0.3 is 21.7 Å². The molecule has 4 heteroatoms. The number of benzene rings is 3. The van der Waals surface area contributed by atoms with E-state index in [1.54, 1.807) is 0 Å². The van der Waals surface area contributed by atoms with E-state index >= 15 is 0 Å². The van der Waals surface area contributed by atoms with Crippen molar-refractivity contribution in [3.63, 3.8) is 0 Å². The van der Waals surface area contributed by atoms with Gasteiger partial charge in [0, 0.05) is 0 Å². The molecule has 0 radical (unpaired) electrons. The third kappa shape index (κ3) is 6.20. The van der Waals surface area contributed by atoms with E-state index in [4.69, 9.17) is 0 Å². The molecule has 0 fully saturated rings. The first-order chi connectivity index (χ1) is 13.6. The van der Waals surface area contributed by atoms with Gasteiger partial charge in [-0.1, -0.05) is 57.5 Å². The Kier molecular flexibility index (Phi) is 10.5. The molecule has 0 N–H and O–H groups in total. The topological polar surface area (TPSA) is 0 Å². The zero-order valence-electron chi connectivity index (χ0n) is 17.9. The van der Waals surface area contributed by atoms with Gasteiger partial charge in [-0.3, -0.25) is 0 Å². The molecule has 0 heterocycles. The fraction of sp³-hybridized carbons (Fsp3) is 0.111. The van der Waals surface area contributed by atoms with Gasteiger partial charge in [0.2, 0.25) is 0 Å². The third-order valence-electron chi connectivity index (χ3n) is 5.29. The van der Waals surface area contributed by atoms with Gasteiger partial charge in [0.25, 0.3) is 0 Å². The number of hydrogen-bond acceptors (Lipinski definition) is 0. The average Bonchev–Trinajstić information content (AvgIpc) is 3.34. The summed E-state index contributed by atoms with van der Waals surface area (Å²) >= 11 is 0. The third-order valence-corrected chi connectivity index (χ3v) is 6.70. The number of hydrogen-bond donors (Lipinski definition) is 0. The SMILES string of the molecule is Cc1ccc(C)c2[cH-]ccc12.Cc1ccccc1Pc1cc2ccccc2[cH-]1.[F-].[F-].[Ti+4]. The van der Waals surface area contributed by atoms with Crippen molar-refractivity contribution >= 4 is 40.7 Å². The largest absolute Gasteiger partial charge is 4.00 e. The Morgan fingerprint density at radius 2 is 1.39 bits per heavy atom. The molecule has 31 heavy (non-hydrogen) atoms. The van der Waals surface area contributed by atoms with Crippen LogP contribution in [0.2, 0.25) is 0 Å². The minimum atomic E-state index is 0. The first-order valence-corrected chi connectivity index (χ1v) is 10.7. The molecule has 1 unspecified atom stereocenters. The van der Waals surface area contributed by atoms with E-state index in [-0.39, 0.29) is 31.1 Å². The Bertz CT molecular complexity index is 1170. The van der Waals surface area contributed by atoms with E-state index in [1.165, 1.54) is 48.8 Å². The van der Waals surface area contributed by atoms with Crippen LogP contribution in [0.25, 0.3) is 21.5 Å². The molecule has 0 aliphatic heterocycles. The number of halogens is 2. The fourth-order valence-corrected chi connectivity index (χ4v) is 4.86. The molecule has 0 saturated heterocycles. The summed E-state index contributed by atoms with van der Waals surface area (Å²) < 4.78 is 0. The minimum absolute atomic E-state index is 0. The maximum absolute atomic E-state index is 2.31. The van der Waals surface area contributed by atoms with Gasteiger partial charge in [-0.15, -0.1) is 68.8 Å². The molecule has 0 saturated carbocycles.